The fraction of sp³-hybridized carbons (Fsp3) is 0.478. The number of thiazole rings is 1. The van der Waals surface area contributed by atoms with Crippen molar-refractivity contribution in [2.75, 3.05) is 23.3 Å². The number of piperidine rings is 1. The number of hydrogen-bond acceptors (Lipinski definition) is 6. The number of rotatable bonds is 5. The van der Waals surface area contributed by atoms with E-state index < -0.39 is 0 Å². The Balaban J connectivity index is 1.30. The Morgan fingerprint density at radius 2 is 1.72 bits per heavy atom. The molecule has 0 spiro atoms. The summed E-state index contributed by atoms with van der Waals surface area (Å²) in [4.78, 5) is 11.7. The number of benzene rings is 1. The van der Waals surface area contributed by atoms with Crippen molar-refractivity contribution in [3.8, 4) is 11.5 Å². The first-order chi connectivity index (χ1) is 14.3. The van der Waals surface area contributed by atoms with Crippen LogP contribution in [-0.4, -0.2) is 29.1 Å². The number of pyridine rings is 1. The molecule has 3 heterocycles. The van der Waals surface area contributed by atoms with Crippen molar-refractivity contribution >= 4 is 32.5 Å². The zero-order valence-electron chi connectivity index (χ0n) is 16.8. The largest absolute Gasteiger partial charge is 0.457 e. The van der Waals surface area contributed by atoms with Crippen LogP contribution in [0.3, 0.4) is 0 Å². The number of hydrogen-bond donors (Lipinski definition) is 1. The van der Waals surface area contributed by atoms with Gasteiger partial charge in [-0.25, -0.2) is 9.97 Å². The molecule has 152 valence electrons. The van der Waals surface area contributed by atoms with E-state index in [0.29, 0.717) is 6.04 Å². The van der Waals surface area contributed by atoms with Gasteiger partial charge in [0, 0.05) is 37.5 Å². The summed E-state index contributed by atoms with van der Waals surface area (Å²) in [7, 11) is 0. The lowest BCUT2D eigenvalue weighted by atomic mass is 9.96. The summed E-state index contributed by atoms with van der Waals surface area (Å²) < 4.78 is 7.33. The summed E-state index contributed by atoms with van der Waals surface area (Å²) in [6.07, 6.45) is 12.2. The molecule has 3 aromatic rings. The smallest absolute Gasteiger partial charge is 0.184 e. The molecule has 2 aromatic heterocycles. The maximum atomic E-state index is 6.17. The molecule has 0 unspecified atom stereocenters. The average Bonchev–Trinajstić information content (AvgIpc) is 3.17. The Hall–Kier alpha value is -2.34. The van der Waals surface area contributed by atoms with E-state index in [4.69, 9.17) is 9.72 Å². The lowest BCUT2D eigenvalue weighted by molar-refractivity contribution is 0.462. The molecule has 0 bridgehead atoms. The summed E-state index contributed by atoms with van der Waals surface area (Å²) >= 11 is 1.72. The fourth-order valence-electron chi connectivity index (χ4n) is 4.35. The van der Waals surface area contributed by atoms with Crippen molar-refractivity contribution in [2.24, 2.45) is 0 Å². The summed E-state index contributed by atoms with van der Waals surface area (Å²) in [6.45, 7) is 2.17. The number of nitrogens with zero attached hydrogens (tertiary/aromatic N) is 3. The summed E-state index contributed by atoms with van der Waals surface area (Å²) in [5.41, 5.74) is 1.03. The minimum absolute atomic E-state index is 0.574. The standard InChI is InChI=1S/C23H28N4OS/c1-3-7-17(8-4-1)25-23-26-20-10-9-18(15-21(20)29-23)28-19-11-12-24-22(16-19)27-13-5-2-6-14-27/h9-12,15-17H,1-8,13-14H2,(H,25,26). The van der Waals surface area contributed by atoms with Gasteiger partial charge in [0.05, 0.1) is 10.2 Å². The fourth-order valence-corrected chi connectivity index (χ4v) is 5.32. The lowest BCUT2D eigenvalue weighted by Crippen LogP contribution is -2.30. The third-order valence-electron chi connectivity index (χ3n) is 5.93. The second-order valence-corrected chi connectivity index (χ2v) is 9.16. The van der Waals surface area contributed by atoms with Crippen LogP contribution in [0, 0.1) is 0 Å². The molecule has 1 aliphatic carbocycles. The molecule has 5 nitrogen and oxygen atoms in total. The Bertz CT molecular complexity index is 960. The quantitative estimate of drug-likeness (QED) is 0.543. The number of aromatic nitrogens is 2. The van der Waals surface area contributed by atoms with E-state index in [1.165, 1.54) is 51.4 Å². The van der Waals surface area contributed by atoms with Crippen molar-refractivity contribution in [3.63, 3.8) is 0 Å². The van der Waals surface area contributed by atoms with Gasteiger partial charge in [0.25, 0.3) is 0 Å². The highest BCUT2D eigenvalue weighted by Gasteiger charge is 2.16. The Kier molecular flexibility index (Phi) is 5.52. The molecule has 1 saturated carbocycles. The van der Waals surface area contributed by atoms with Crippen LogP contribution in [0.15, 0.2) is 36.5 Å². The second kappa shape index (κ2) is 8.57. The van der Waals surface area contributed by atoms with Crippen molar-refractivity contribution in [1.29, 1.82) is 0 Å². The van der Waals surface area contributed by atoms with Crippen LogP contribution in [0.1, 0.15) is 51.4 Å². The lowest BCUT2D eigenvalue weighted by Gasteiger charge is -2.27. The van der Waals surface area contributed by atoms with Gasteiger partial charge in [-0.2, -0.15) is 0 Å². The van der Waals surface area contributed by atoms with E-state index in [-0.39, 0.29) is 0 Å². The van der Waals surface area contributed by atoms with Crippen LogP contribution in [0.25, 0.3) is 10.2 Å². The molecule has 29 heavy (non-hydrogen) atoms. The van der Waals surface area contributed by atoms with Crippen LogP contribution in [-0.2, 0) is 0 Å². The predicted octanol–water partition coefficient (Wildman–Crippen LogP) is 6.22. The van der Waals surface area contributed by atoms with Crippen molar-refractivity contribution in [3.05, 3.63) is 36.5 Å². The maximum Gasteiger partial charge on any atom is 0.184 e. The maximum absolute atomic E-state index is 6.17. The number of anilines is 2. The molecular weight excluding hydrogens is 380 g/mol. The van der Waals surface area contributed by atoms with E-state index in [2.05, 4.69) is 33.4 Å². The van der Waals surface area contributed by atoms with E-state index in [1.54, 1.807) is 11.3 Å². The molecular formula is C23H28N4OS. The summed E-state index contributed by atoms with van der Waals surface area (Å²) in [5.74, 6) is 2.70. The molecule has 1 saturated heterocycles. The van der Waals surface area contributed by atoms with Gasteiger partial charge in [-0.3, -0.25) is 0 Å². The minimum atomic E-state index is 0.574. The first kappa shape index (κ1) is 18.7. The highest BCUT2D eigenvalue weighted by atomic mass is 32.1. The molecule has 0 amide bonds. The average molecular weight is 409 g/mol. The van der Waals surface area contributed by atoms with Gasteiger partial charge < -0.3 is 15.0 Å². The Morgan fingerprint density at radius 3 is 2.59 bits per heavy atom. The van der Waals surface area contributed by atoms with Crippen LogP contribution < -0.4 is 15.0 Å². The molecule has 1 N–H and O–H groups in total. The molecule has 6 heteroatoms. The minimum Gasteiger partial charge on any atom is -0.457 e. The second-order valence-electron chi connectivity index (χ2n) is 8.13. The molecule has 0 radical (unpaired) electrons. The third-order valence-corrected chi connectivity index (χ3v) is 6.87. The Morgan fingerprint density at radius 1 is 0.931 bits per heavy atom. The summed E-state index contributed by atoms with van der Waals surface area (Å²) in [6, 6.07) is 10.7. The zero-order valence-corrected chi connectivity index (χ0v) is 17.6. The van der Waals surface area contributed by atoms with E-state index >= 15 is 0 Å². The van der Waals surface area contributed by atoms with Gasteiger partial charge >= 0.3 is 0 Å². The van der Waals surface area contributed by atoms with Gasteiger partial charge in [0.2, 0.25) is 0 Å². The SMILES string of the molecule is c1cc(Oc2ccc3nc(NC4CCCCC4)sc3c2)cc(N2CCCCC2)n1. The van der Waals surface area contributed by atoms with Crippen molar-refractivity contribution < 1.29 is 4.74 Å². The van der Waals surface area contributed by atoms with Gasteiger partial charge in [-0.05, 0) is 50.3 Å². The highest BCUT2D eigenvalue weighted by Crippen LogP contribution is 2.33. The van der Waals surface area contributed by atoms with E-state index in [9.17, 15) is 0 Å². The monoisotopic (exact) mass is 408 g/mol. The normalized spacial score (nSPS) is 18.1. The molecule has 1 aliphatic heterocycles. The number of nitrogens with one attached hydrogen (secondary N) is 1. The van der Waals surface area contributed by atoms with Gasteiger partial charge in [0.1, 0.15) is 17.3 Å². The van der Waals surface area contributed by atoms with E-state index in [0.717, 1.165) is 45.8 Å². The molecule has 0 atom stereocenters. The van der Waals surface area contributed by atoms with E-state index in [1.807, 2.05) is 18.3 Å². The summed E-state index contributed by atoms with van der Waals surface area (Å²) in [5, 5.41) is 4.66. The molecule has 1 aromatic carbocycles. The number of ether oxygens (including phenoxy) is 1. The van der Waals surface area contributed by atoms with Gasteiger partial charge in [-0.1, -0.05) is 30.6 Å². The zero-order chi connectivity index (χ0) is 19.5. The molecule has 2 aliphatic rings. The molecule has 2 fully saturated rings. The van der Waals surface area contributed by atoms with Crippen molar-refractivity contribution in [2.45, 2.75) is 57.4 Å². The molecule has 5 rings (SSSR count). The Labute approximate surface area is 176 Å². The van der Waals surface area contributed by atoms with Gasteiger partial charge in [-0.15, -0.1) is 0 Å². The topological polar surface area (TPSA) is 50.3 Å². The van der Waals surface area contributed by atoms with Crippen LogP contribution in [0.4, 0.5) is 10.9 Å². The number of fused-ring (bicyclic) bond motifs is 1. The van der Waals surface area contributed by atoms with Crippen LogP contribution in [0.2, 0.25) is 0 Å². The first-order valence-corrected chi connectivity index (χ1v) is 11.7. The predicted molar refractivity (Wildman–Crippen MR) is 120 cm³/mol. The first-order valence-electron chi connectivity index (χ1n) is 10.9. The van der Waals surface area contributed by atoms with Crippen LogP contribution in [0.5, 0.6) is 11.5 Å². The van der Waals surface area contributed by atoms with Crippen LogP contribution >= 0.6 is 11.3 Å². The third kappa shape index (κ3) is 4.47. The van der Waals surface area contributed by atoms with Crippen molar-refractivity contribution in [1.82, 2.24) is 9.97 Å². The highest BCUT2D eigenvalue weighted by molar-refractivity contribution is 7.22. The van der Waals surface area contributed by atoms with Gasteiger partial charge in [0.15, 0.2) is 5.13 Å².